The molecule has 1 aliphatic carbocycles. The van der Waals surface area contributed by atoms with Crippen LogP contribution in [0.3, 0.4) is 0 Å². The van der Waals surface area contributed by atoms with Gasteiger partial charge >= 0.3 is 0 Å². The summed E-state index contributed by atoms with van der Waals surface area (Å²) in [6.45, 7) is 0. The fourth-order valence-electron chi connectivity index (χ4n) is 8.34. The lowest BCUT2D eigenvalue weighted by Crippen LogP contribution is -2.15. The van der Waals surface area contributed by atoms with Crippen molar-refractivity contribution in [1.82, 2.24) is 0 Å². The zero-order valence-electron chi connectivity index (χ0n) is 26.6. The zero-order chi connectivity index (χ0) is 32.5. The first-order chi connectivity index (χ1) is 24.7. The molecule has 0 saturated carbocycles. The first-order valence-electron chi connectivity index (χ1n) is 17.0. The number of para-hydroxylation sites is 2. The number of rotatable bonds is 2. The highest BCUT2D eigenvalue weighted by Gasteiger charge is 2.32. The molecule has 0 bridgehead atoms. The van der Waals surface area contributed by atoms with Gasteiger partial charge in [-0.25, -0.2) is 0 Å². The molecular weight excluding hydrogens is 617 g/mol. The van der Waals surface area contributed by atoms with E-state index in [1.165, 1.54) is 5.56 Å². The number of benzene rings is 7. The van der Waals surface area contributed by atoms with Crippen molar-refractivity contribution in [3.63, 3.8) is 0 Å². The molecule has 7 aromatic carbocycles. The molecule has 0 saturated heterocycles. The minimum absolute atomic E-state index is 0.0824. The number of ether oxygens (including phenoxy) is 1. The van der Waals surface area contributed by atoms with E-state index in [1.807, 2.05) is 12.1 Å². The Morgan fingerprint density at radius 1 is 0.420 bits per heavy atom. The molecule has 0 spiro atoms. The Labute approximate surface area is 285 Å². The normalized spacial score (nSPS) is 16.8. The molecule has 1 aliphatic heterocycles. The van der Waals surface area contributed by atoms with Gasteiger partial charge in [0.15, 0.2) is 0 Å². The summed E-state index contributed by atoms with van der Waals surface area (Å²) in [7, 11) is 0. The number of fused-ring (bicyclic) bond motifs is 13. The van der Waals surface area contributed by atoms with Crippen molar-refractivity contribution >= 4 is 76.6 Å². The lowest BCUT2D eigenvalue weighted by atomic mass is 9.90. The van der Waals surface area contributed by atoms with E-state index in [0.29, 0.717) is 0 Å². The number of hydrogen-bond acceptors (Lipinski definition) is 4. The minimum Gasteiger partial charge on any atom is -0.485 e. The largest absolute Gasteiger partial charge is 0.485 e. The molecule has 4 heteroatoms. The van der Waals surface area contributed by atoms with E-state index < -0.39 is 0 Å². The van der Waals surface area contributed by atoms with Crippen LogP contribution in [0.4, 0.5) is 0 Å². The standard InChI is InChI=1S/C46H26O4/c1-4-11-40-31(6-1)35-9-5-8-30(46(35)50-40)27-13-16-34-38-20-28-19-37-33-15-12-26(25-14-17-41-36(18-25)32-7-2-3-10-39(32)47-41)21-42(33)48-44(37)23-29(28)24-45(38)49-43(34)22-27/h1-24,32,39H. The summed E-state index contributed by atoms with van der Waals surface area (Å²) >= 11 is 0. The van der Waals surface area contributed by atoms with Gasteiger partial charge in [-0.05, 0) is 100 Å². The predicted molar refractivity (Wildman–Crippen MR) is 202 cm³/mol. The summed E-state index contributed by atoms with van der Waals surface area (Å²) in [6.07, 6.45) is 8.62. The van der Waals surface area contributed by atoms with Crippen LogP contribution in [0, 0.1) is 0 Å². The van der Waals surface area contributed by atoms with Gasteiger partial charge in [0, 0.05) is 49.4 Å². The van der Waals surface area contributed by atoms with Gasteiger partial charge in [-0.3, -0.25) is 0 Å². The van der Waals surface area contributed by atoms with Crippen LogP contribution in [0.15, 0.2) is 159 Å². The Balaban J connectivity index is 0.949. The van der Waals surface area contributed by atoms with Gasteiger partial charge in [0.05, 0.1) is 0 Å². The van der Waals surface area contributed by atoms with Crippen LogP contribution in [-0.4, -0.2) is 6.10 Å². The summed E-state index contributed by atoms with van der Waals surface area (Å²) in [5, 5.41) is 8.89. The van der Waals surface area contributed by atoms with Gasteiger partial charge in [0.1, 0.15) is 45.4 Å². The molecule has 4 nitrogen and oxygen atoms in total. The van der Waals surface area contributed by atoms with E-state index in [1.54, 1.807) is 0 Å². The number of furan rings is 3. The first kappa shape index (κ1) is 26.4. The summed E-state index contributed by atoms with van der Waals surface area (Å²) in [6, 6.07) is 42.8. The molecule has 2 aliphatic rings. The Hall–Kier alpha value is -6.52. The van der Waals surface area contributed by atoms with Crippen molar-refractivity contribution in [2.24, 2.45) is 0 Å². The maximum Gasteiger partial charge on any atom is 0.143 e. The molecule has 0 N–H and O–H groups in total. The molecular formula is C46H26O4. The predicted octanol–water partition coefficient (Wildman–Crippen LogP) is 12.8. The van der Waals surface area contributed by atoms with Gasteiger partial charge in [0.2, 0.25) is 0 Å². The Bertz CT molecular complexity index is 3150. The second kappa shape index (κ2) is 9.55. The van der Waals surface area contributed by atoms with Crippen LogP contribution < -0.4 is 4.74 Å². The van der Waals surface area contributed by atoms with Crippen LogP contribution in [-0.2, 0) is 0 Å². The molecule has 0 amide bonds. The highest BCUT2D eigenvalue weighted by Crippen LogP contribution is 2.44. The van der Waals surface area contributed by atoms with Gasteiger partial charge in [-0.1, -0.05) is 72.8 Å². The molecule has 0 radical (unpaired) electrons. The fraction of sp³-hybridized carbons (Fsp3) is 0.0435. The van der Waals surface area contributed by atoms with Crippen molar-refractivity contribution in [3.8, 4) is 28.0 Å². The Kier molecular flexibility index (Phi) is 5.05. The number of hydrogen-bond donors (Lipinski definition) is 0. The Morgan fingerprint density at radius 2 is 1.06 bits per heavy atom. The zero-order valence-corrected chi connectivity index (χ0v) is 26.6. The van der Waals surface area contributed by atoms with E-state index >= 15 is 0 Å². The van der Waals surface area contributed by atoms with Gasteiger partial charge in [-0.15, -0.1) is 0 Å². The second-order valence-corrected chi connectivity index (χ2v) is 13.6. The van der Waals surface area contributed by atoms with Crippen LogP contribution in [0.25, 0.3) is 98.8 Å². The summed E-state index contributed by atoms with van der Waals surface area (Å²) < 4.78 is 25.5. The van der Waals surface area contributed by atoms with Gasteiger partial charge in [0.25, 0.3) is 0 Å². The molecule has 2 unspecified atom stereocenters. The molecule has 3 aromatic heterocycles. The lowest BCUT2D eigenvalue weighted by molar-refractivity contribution is 0.269. The van der Waals surface area contributed by atoms with E-state index in [0.717, 1.165) is 105 Å². The molecule has 4 heterocycles. The lowest BCUT2D eigenvalue weighted by Gasteiger charge is -2.14. The average Bonchev–Trinajstić information content (AvgIpc) is 3.91. The maximum atomic E-state index is 6.52. The SMILES string of the molecule is C1=CC2Oc3ccc(-c4ccc5c(c4)oc4cc6cc7oc8cc(-c9cccc%10c9oc9ccccc9%10)ccc8c7cc6cc45)cc3C2C=C1. The average molecular weight is 643 g/mol. The van der Waals surface area contributed by atoms with E-state index in [-0.39, 0.29) is 12.0 Å². The van der Waals surface area contributed by atoms with E-state index in [2.05, 4.69) is 133 Å². The van der Waals surface area contributed by atoms with Crippen molar-refractivity contribution in [2.75, 3.05) is 0 Å². The summed E-state index contributed by atoms with van der Waals surface area (Å²) in [5.41, 5.74) is 10.9. The topological polar surface area (TPSA) is 48.7 Å². The molecule has 0 fully saturated rings. The quantitative estimate of drug-likeness (QED) is 0.188. The minimum atomic E-state index is 0.0824. The van der Waals surface area contributed by atoms with Crippen molar-refractivity contribution in [1.29, 1.82) is 0 Å². The van der Waals surface area contributed by atoms with Crippen molar-refractivity contribution in [3.05, 3.63) is 151 Å². The molecule has 50 heavy (non-hydrogen) atoms. The third-order valence-electron chi connectivity index (χ3n) is 10.8. The molecule has 2 atom stereocenters. The Morgan fingerprint density at radius 3 is 1.90 bits per heavy atom. The fourth-order valence-corrected chi connectivity index (χ4v) is 8.34. The monoisotopic (exact) mass is 642 g/mol. The van der Waals surface area contributed by atoms with Gasteiger partial charge in [-0.2, -0.15) is 0 Å². The highest BCUT2D eigenvalue weighted by atomic mass is 16.5. The summed E-state index contributed by atoms with van der Waals surface area (Å²) in [4.78, 5) is 0. The van der Waals surface area contributed by atoms with E-state index in [4.69, 9.17) is 18.0 Å². The third kappa shape index (κ3) is 3.65. The third-order valence-corrected chi connectivity index (χ3v) is 10.8. The second-order valence-electron chi connectivity index (χ2n) is 13.6. The van der Waals surface area contributed by atoms with Crippen molar-refractivity contribution in [2.45, 2.75) is 12.0 Å². The number of allylic oxidation sites excluding steroid dienone is 2. The summed E-state index contributed by atoms with van der Waals surface area (Å²) in [5.74, 6) is 1.23. The molecule has 10 aromatic rings. The van der Waals surface area contributed by atoms with Crippen LogP contribution in [0.2, 0.25) is 0 Å². The van der Waals surface area contributed by atoms with E-state index in [9.17, 15) is 0 Å². The highest BCUT2D eigenvalue weighted by molar-refractivity contribution is 6.16. The van der Waals surface area contributed by atoms with Crippen LogP contribution in [0.5, 0.6) is 5.75 Å². The van der Waals surface area contributed by atoms with Crippen LogP contribution in [0.1, 0.15) is 11.5 Å². The molecule has 234 valence electrons. The van der Waals surface area contributed by atoms with Gasteiger partial charge < -0.3 is 18.0 Å². The molecule has 12 rings (SSSR count). The van der Waals surface area contributed by atoms with Crippen molar-refractivity contribution < 1.29 is 18.0 Å². The first-order valence-corrected chi connectivity index (χ1v) is 17.0. The maximum absolute atomic E-state index is 6.52. The smallest absolute Gasteiger partial charge is 0.143 e. The van der Waals surface area contributed by atoms with Crippen LogP contribution >= 0.6 is 0 Å².